The summed E-state index contributed by atoms with van der Waals surface area (Å²) >= 11 is 0. The zero-order valence-corrected chi connectivity index (χ0v) is 25.5. The van der Waals surface area contributed by atoms with Crippen molar-refractivity contribution in [2.24, 2.45) is 5.92 Å². The first-order chi connectivity index (χ1) is 17.3. The van der Waals surface area contributed by atoms with Crippen LogP contribution in [-0.4, -0.2) is 0 Å². The lowest BCUT2D eigenvalue weighted by Crippen LogP contribution is -2.01. The van der Waals surface area contributed by atoms with Gasteiger partial charge in [-0.2, -0.15) is 0 Å². The van der Waals surface area contributed by atoms with E-state index in [-0.39, 0.29) is 0 Å². The van der Waals surface area contributed by atoms with E-state index < -0.39 is 0 Å². The molecular formula is C35H72. The molecule has 212 valence electrons. The first kappa shape index (κ1) is 35.0. The lowest BCUT2D eigenvalue weighted by Gasteiger charge is -2.16. The van der Waals surface area contributed by atoms with Crippen LogP contribution in [-0.2, 0) is 0 Å². The van der Waals surface area contributed by atoms with E-state index in [2.05, 4.69) is 20.8 Å². The van der Waals surface area contributed by atoms with Crippen LogP contribution in [0.5, 0.6) is 0 Å². The maximum absolute atomic E-state index is 2.36. The summed E-state index contributed by atoms with van der Waals surface area (Å²) in [6.45, 7) is 6.99. The van der Waals surface area contributed by atoms with Crippen LogP contribution in [0.15, 0.2) is 0 Å². The molecule has 0 aromatic heterocycles. The van der Waals surface area contributed by atoms with Gasteiger partial charge < -0.3 is 0 Å². The molecule has 0 bridgehead atoms. The molecule has 0 radical (unpaired) electrons. The second-order valence-electron chi connectivity index (χ2n) is 12.1. The van der Waals surface area contributed by atoms with Gasteiger partial charge in [0.25, 0.3) is 0 Å². The Labute approximate surface area is 225 Å². The molecule has 0 amide bonds. The van der Waals surface area contributed by atoms with E-state index in [1.807, 2.05) is 0 Å². The van der Waals surface area contributed by atoms with E-state index in [9.17, 15) is 0 Å². The van der Waals surface area contributed by atoms with Gasteiger partial charge in [-0.3, -0.25) is 0 Å². The highest BCUT2D eigenvalue weighted by atomic mass is 14.1. The highest BCUT2D eigenvalue weighted by molar-refractivity contribution is 4.61. The molecule has 1 unspecified atom stereocenters. The maximum atomic E-state index is 2.36. The topological polar surface area (TPSA) is 0 Å². The first-order valence-electron chi connectivity index (χ1n) is 17.3. The predicted octanol–water partition coefficient (Wildman–Crippen LogP) is 13.8. The van der Waals surface area contributed by atoms with Crippen LogP contribution in [0.2, 0.25) is 0 Å². The quantitative estimate of drug-likeness (QED) is 0.0844. The van der Waals surface area contributed by atoms with Gasteiger partial charge in [0.1, 0.15) is 0 Å². The van der Waals surface area contributed by atoms with Gasteiger partial charge in [-0.25, -0.2) is 0 Å². The number of hydrogen-bond acceptors (Lipinski definition) is 0. The molecule has 0 saturated heterocycles. The third-order valence-corrected chi connectivity index (χ3v) is 8.40. The summed E-state index contributed by atoms with van der Waals surface area (Å²) in [6, 6.07) is 0. The van der Waals surface area contributed by atoms with Gasteiger partial charge in [-0.05, 0) is 5.92 Å². The molecule has 0 fully saturated rings. The summed E-state index contributed by atoms with van der Waals surface area (Å²) in [4.78, 5) is 0. The van der Waals surface area contributed by atoms with Gasteiger partial charge in [0.2, 0.25) is 0 Å². The monoisotopic (exact) mass is 493 g/mol. The van der Waals surface area contributed by atoms with Gasteiger partial charge in [0, 0.05) is 0 Å². The molecule has 1 atom stereocenters. The fraction of sp³-hybridized carbons (Fsp3) is 1.00. The van der Waals surface area contributed by atoms with Crippen molar-refractivity contribution in [3.8, 4) is 0 Å². The Hall–Kier alpha value is 0. The number of rotatable bonds is 31. The van der Waals surface area contributed by atoms with Gasteiger partial charge >= 0.3 is 0 Å². The van der Waals surface area contributed by atoms with Crippen LogP contribution >= 0.6 is 0 Å². The van der Waals surface area contributed by atoms with Crippen LogP contribution < -0.4 is 0 Å². The summed E-state index contributed by atoms with van der Waals surface area (Å²) in [5.74, 6) is 1.04. The molecule has 0 aliphatic carbocycles. The predicted molar refractivity (Wildman–Crippen MR) is 164 cm³/mol. The van der Waals surface area contributed by atoms with E-state index in [0.717, 1.165) is 5.92 Å². The summed E-state index contributed by atoms with van der Waals surface area (Å²) in [7, 11) is 0. The maximum Gasteiger partial charge on any atom is -0.0414 e. The van der Waals surface area contributed by atoms with Crippen LogP contribution in [0.1, 0.15) is 220 Å². The molecule has 0 heteroatoms. The van der Waals surface area contributed by atoms with Crippen molar-refractivity contribution in [2.45, 2.75) is 220 Å². The Morgan fingerprint density at radius 1 is 0.229 bits per heavy atom. The Morgan fingerprint density at radius 3 is 0.686 bits per heavy atom. The molecule has 0 aromatic rings. The van der Waals surface area contributed by atoms with E-state index in [1.165, 1.54) is 199 Å². The minimum atomic E-state index is 1.04. The van der Waals surface area contributed by atoms with Crippen LogP contribution in [0.25, 0.3) is 0 Å². The van der Waals surface area contributed by atoms with Crippen LogP contribution in [0.3, 0.4) is 0 Å². The third-order valence-electron chi connectivity index (χ3n) is 8.40. The van der Waals surface area contributed by atoms with E-state index in [4.69, 9.17) is 0 Å². The molecular weight excluding hydrogens is 420 g/mol. The average molecular weight is 493 g/mol. The zero-order chi connectivity index (χ0) is 25.5. The van der Waals surface area contributed by atoms with Gasteiger partial charge in [0.05, 0.1) is 0 Å². The van der Waals surface area contributed by atoms with Crippen molar-refractivity contribution in [2.75, 3.05) is 0 Å². The highest BCUT2D eigenvalue weighted by Gasteiger charge is 2.08. The SMILES string of the molecule is CCCCCCCCCCCCCCCCCCCCCCCC(CCCC)CCCCCCC. The van der Waals surface area contributed by atoms with Gasteiger partial charge in [0.15, 0.2) is 0 Å². The summed E-state index contributed by atoms with van der Waals surface area (Å²) in [6.07, 6.45) is 45.8. The number of unbranched alkanes of at least 4 members (excludes halogenated alkanes) is 25. The Kier molecular flexibility index (Phi) is 32.0. The van der Waals surface area contributed by atoms with E-state index in [0.29, 0.717) is 0 Å². The van der Waals surface area contributed by atoms with Crippen LogP contribution in [0.4, 0.5) is 0 Å². The molecule has 0 aliphatic rings. The zero-order valence-electron chi connectivity index (χ0n) is 25.5. The lowest BCUT2D eigenvalue weighted by molar-refractivity contribution is 0.371. The second kappa shape index (κ2) is 32.0. The van der Waals surface area contributed by atoms with Gasteiger partial charge in [-0.1, -0.05) is 220 Å². The molecule has 0 nitrogen and oxygen atoms in total. The van der Waals surface area contributed by atoms with Crippen molar-refractivity contribution >= 4 is 0 Å². The smallest absolute Gasteiger partial charge is 0.0414 e. The molecule has 0 aliphatic heterocycles. The summed E-state index contributed by atoms with van der Waals surface area (Å²) in [5, 5.41) is 0. The second-order valence-corrected chi connectivity index (χ2v) is 12.1. The summed E-state index contributed by atoms with van der Waals surface area (Å²) < 4.78 is 0. The molecule has 0 spiro atoms. The molecule has 35 heavy (non-hydrogen) atoms. The molecule has 0 saturated carbocycles. The van der Waals surface area contributed by atoms with Crippen molar-refractivity contribution < 1.29 is 0 Å². The minimum absolute atomic E-state index is 1.04. The molecule has 0 heterocycles. The number of hydrogen-bond donors (Lipinski definition) is 0. The van der Waals surface area contributed by atoms with E-state index >= 15 is 0 Å². The van der Waals surface area contributed by atoms with Crippen molar-refractivity contribution in [3.63, 3.8) is 0 Å². The largest absolute Gasteiger partial charge is 0.0654 e. The van der Waals surface area contributed by atoms with Gasteiger partial charge in [-0.15, -0.1) is 0 Å². The van der Waals surface area contributed by atoms with Crippen molar-refractivity contribution in [3.05, 3.63) is 0 Å². The standard InChI is InChI=1S/C35H72/c1-4-7-10-12-13-14-15-16-17-18-19-20-21-22-23-24-25-26-27-29-31-34-35(32-9-6-3)33-30-28-11-8-5-2/h35H,4-34H2,1-3H3. The third kappa shape index (κ3) is 30.1. The van der Waals surface area contributed by atoms with Crippen molar-refractivity contribution in [1.29, 1.82) is 0 Å². The van der Waals surface area contributed by atoms with Crippen molar-refractivity contribution in [1.82, 2.24) is 0 Å². The fourth-order valence-corrected chi connectivity index (χ4v) is 5.83. The normalized spacial score (nSPS) is 12.4. The minimum Gasteiger partial charge on any atom is -0.0654 e. The van der Waals surface area contributed by atoms with E-state index in [1.54, 1.807) is 0 Å². The Bertz CT molecular complexity index is 346. The fourth-order valence-electron chi connectivity index (χ4n) is 5.83. The summed E-state index contributed by atoms with van der Waals surface area (Å²) in [5.41, 5.74) is 0. The average Bonchev–Trinajstić information content (AvgIpc) is 2.87. The molecule has 0 N–H and O–H groups in total. The Balaban J connectivity index is 3.30. The molecule has 0 rings (SSSR count). The lowest BCUT2D eigenvalue weighted by atomic mass is 9.90. The molecule has 0 aromatic carbocycles. The first-order valence-corrected chi connectivity index (χ1v) is 17.3. The van der Waals surface area contributed by atoms with Crippen LogP contribution in [0, 0.1) is 5.92 Å². The Morgan fingerprint density at radius 2 is 0.429 bits per heavy atom. The highest BCUT2D eigenvalue weighted by Crippen LogP contribution is 2.24.